The van der Waals surface area contributed by atoms with Crippen LogP contribution in [0.2, 0.25) is 0 Å². The average Bonchev–Trinajstić information content (AvgIpc) is 2.54. The van der Waals surface area contributed by atoms with Crippen molar-refractivity contribution in [2.24, 2.45) is 17.2 Å². The number of urea groups is 1. The Bertz CT molecular complexity index is 456. The van der Waals surface area contributed by atoms with E-state index in [1.165, 1.54) is 0 Å². The Morgan fingerprint density at radius 2 is 1.32 bits per heavy atom. The second kappa shape index (κ2) is 21.0. The van der Waals surface area contributed by atoms with E-state index in [9.17, 15) is 14.4 Å². The first kappa shape index (κ1) is 33.3. The minimum atomic E-state index is -0.524. The van der Waals surface area contributed by atoms with Gasteiger partial charge in [-0.05, 0) is 53.6 Å². The number of guanidine groups is 1. The van der Waals surface area contributed by atoms with Gasteiger partial charge in [0.15, 0.2) is 0 Å². The van der Waals surface area contributed by atoms with E-state index in [0.29, 0.717) is 19.5 Å². The van der Waals surface area contributed by atoms with Gasteiger partial charge in [-0.2, -0.15) is 0 Å². The summed E-state index contributed by atoms with van der Waals surface area (Å²) in [5.74, 6) is 0.498. The molecule has 0 saturated heterocycles. The smallest absolute Gasteiger partial charge is 0.338 e. The van der Waals surface area contributed by atoms with Gasteiger partial charge in [0, 0.05) is 6.54 Å². The van der Waals surface area contributed by atoms with E-state index in [-0.39, 0.29) is 41.2 Å². The number of primary amides is 1. The number of nitrogens with one attached hydrogen (secondary N) is 4. The van der Waals surface area contributed by atoms with E-state index in [1.807, 2.05) is 0 Å². The van der Waals surface area contributed by atoms with Crippen LogP contribution in [0.4, 0.5) is 4.79 Å². The second-order valence-electron chi connectivity index (χ2n) is 5.86. The molecule has 16 N–H and O–H groups in total. The zero-order chi connectivity index (χ0) is 20.5. The minimum absolute atomic E-state index is 0. The van der Waals surface area contributed by atoms with Crippen LogP contribution in [0.1, 0.15) is 39.5 Å². The molecule has 0 aromatic heterocycles. The Labute approximate surface area is 167 Å². The molecule has 0 spiro atoms. The van der Waals surface area contributed by atoms with Gasteiger partial charge in [-0.3, -0.25) is 26.0 Å². The van der Waals surface area contributed by atoms with Crippen molar-refractivity contribution in [3.8, 4) is 0 Å². The topological polar surface area (TPSA) is 247 Å². The van der Waals surface area contributed by atoms with Crippen LogP contribution in [-0.4, -0.2) is 68.3 Å². The normalized spacial score (nSPS) is 11.3. The van der Waals surface area contributed by atoms with Crippen LogP contribution in [0, 0.1) is 0 Å². The molecule has 0 heterocycles. The SMILES string of the molecule is CNC(CCCNC(N)=O)C(C)=O.CNC(CCC[NH+]=C(N)N)C(C)=O.O.[NH4+]. The van der Waals surface area contributed by atoms with E-state index in [0.717, 1.165) is 19.3 Å². The maximum absolute atomic E-state index is 11.0. The summed E-state index contributed by atoms with van der Waals surface area (Å²) in [6.07, 6.45) is 3.12. The van der Waals surface area contributed by atoms with Gasteiger partial charge in [-0.1, -0.05) is 0 Å². The summed E-state index contributed by atoms with van der Waals surface area (Å²) >= 11 is 0. The van der Waals surface area contributed by atoms with Crippen molar-refractivity contribution in [3.05, 3.63) is 0 Å². The van der Waals surface area contributed by atoms with Crippen molar-refractivity contribution >= 4 is 23.6 Å². The van der Waals surface area contributed by atoms with Crippen LogP contribution >= 0.6 is 0 Å². The standard InChI is InChI=1S/C8H18N4O.C8H17N3O2.H3N.H2O/c1-6(13)7(11-2)4-3-5-12-8(9)10;1-6(12)7(10-2)4-3-5-11-8(9)13;;/h7,11H,3-5H2,1-2H3,(H4,9,10,12);7,10H,3-5H2,1-2H3,(H3,9,11,13);1H3;1H2/p+2. The predicted octanol–water partition coefficient (Wildman–Crippen LogP) is -3.54. The molecule has 2 amide bonds. The van der Waals surface area contributed by atoms with Gasteiger partial charge >= 0.3 is 12.0 Å². The Balaban J connectivity index is -0.000000192. The Morgan fingerprint density at radius 3 is 1.64 bits per heavy atom. The number of rotatable bonds is 12. The number of likely N-dealkylation sites (N-methyl/N-ethyl adjacent to an activating group) is 2. The molecule has 2 atom stereocenters. The lowest BCUT2D eigenvalue weighted by Crippen LogP contribution is -2.78. The van der Waals surface area contributed by atoms with Crippen LogP contribution in [0.25, 0.3) is 0 Å². The first-order valence-corrected chi connectivity index (χ1v) is 8.66. The van der Waals surface area contributed by atoms with Crippen LogP contribution in [0.3, 0.4) is 0 Å². The summed E-state index contributed by atoms with van der Waals surface area (Å²) in [6.45, 7) is 4.34. The van der Waals surface area contributed by atoms with Gasteiger partial charge in [0.25, 0.3) is 0 Å². The molecule has 0 aliphatic carbocycles. The number of hydrogen-bond acceptors (Lipinski definition) is 5. The molecule has 168 valence electrons. The summed E-state index contributed by atoms with van der Waals surface area (Å²) in [7, 11) is 3.52. The quantitative estimate of drug-likeness (QED) is 0.0912. The molecule has 0 radical (unpaired) electrons. The van der Waals surface area contributed by atoms with Crippen LogP contribution in [0.15, 0.2) is 0 Å². The summed E-state index contributed by atoms with van der Waals surface area (Å²) < 4.78 is 0. The third-order valence-corrected chi connectivity index (χ3v) is 3.65. The molecule has 28 heavy (non-hydrogen) atoms. The number of hydrogen-bond donors (Lipinski definition) is 8. The zero-order valence-corrected chi connectivity index (χ0v) is 17.9. The Morgan fingerprint density at radius 1 is 0.893 bits per heavy atom. The lowest BCUT2D eigenvalue weighted by molar-refractivity contribution is -0.459. The molecular weight excluding hydrogens is 368 g/mol. The third kappa shape index (κ3) is 21.8. The van der Waals surface area contributed by atoms with Crippen molar-refractivity contribution in [3.63, 3.8) is 0 Å². The summed E-state index contributed by atoms with van der Waals surface area (Å²) in [6, 6.07) is -0.695. The first-order valence-electron chi connectivity index (χ1n) is 8.66. The summed E-state index contributed by atoms with van der Waals surface area (Å²) in [4.78, 5) is 35.0. The van der Waals surface area contributed by atoms with E-state index < -0.39 is 6.03 Å². The van der Waals surface area contributed by atoms with Gasteiger partial charge in [0.2, 0.25) is 0 Å². The van der Waals surface area contributed by atoms with Crippen molar-refractivity contribution in [2.75, 3.05) is 27.2 Å². The fourth-order valence-corrected chi connectivity index (χ4v) is 2.16. The lowest BCUT2D eigenvalue weighted by atomic mass is 10.1. The Hall–Kier alpha value is -2.28. The molecule has 0 aliphatic rings. The number of quaternary nitrogens is 1. The molecule has 0 aromatic rings. The van der Waals surface area contributed by atoms with Crippen molar-refractivity contribution in [1.29, 1.82) is 0 Å². The highest BCUT2D eigenvalue weighted by atomic mass is 16.2. The largest absolute Gasteiger partial charge is 0.412 e. The first-order chi connectivity index (χ1) is 12.1. The zero-order valence-electron chi connectivity index (χ0n) is 17.9. The highest BCUT2D eigenvalue weighted by Gasteiger charge is 2.10. The maximum Gasteiger partial charge on any atom is 0.338 e. The molecule has 0 aliphatic heterocycles. The average molecular weight is 411 g/mol. The fraction of sp³-hybridized carbons (Fsp3) is 0.750. The van der Waals surface area contributed by atoms with Crippen molar-refractivity contribution < 1.29 is 24.9 Å². The van der Waals surface area contributed by atoms with E-state index in [2.05, 4.69) is 20.9 Å². The molecule has 0 rings (SSSR count). The van der Waals surface area contributed by atoms with Gasteiger partial charge in [0.1, 0.15) is 11.6 Å². The van der Waals surface area contributed by atoms with Gasteiger partial charge in [-0.25, -0.2) is 4.79 Å². The highest BCUT2D eigenvalue weighted by molar-refractivity contribution is 5.81. The molecule has 0 aromatic carbocycles. The number of nitrogens with two attached hydrogens (primary N) is 3. The van der Waals surface area contributed by atoms with E-state index in [1.54, 1.807) is 27.9 Å². The van der Waals surface area contributed by atoms with Crippen molar-refractivity contribution in [2.45, 2.75) is 51.6 Å². The van der Waals surface area contributed by atoms with Gasteiger partial charge in [0.05, 0.1) is 18.6 Å². The molecule has 12 nitrogen and oxygen atoms in total. The molecule has 0 saturated carbocycles. The number of carbonyl (C=O) groups is 3. The monoisotopic (exact) mass is 410 g/mol. The maximum atomic E-state index is 11.0. The second-order valence-corrected chi connectivity index (χ2v) is 5.86. The third-order valence-electron chi connectivity index (χ3n) is 3.65. The summed E-state index contributed by atoms with van der Waals surface area (Å²) in [5, 5.41) is 8.30. The minimum Gasteiger partial charge on any atom is -0.412 e. The molecule has 0 bridgehead atoms. The number of amides is 2. The fourth-order valence-electron chi connectivity index (χ4n) is 2.16. The lowest BCUT2D eigenvalue weighted by Gasteiger charge is -2.11. The van der Waals surface area contributed by atoms with Crippen LogP contribution in [0.5, 0.6) is 0 Å². The molecule has 2 unspecified atom stereocenters. The van der Waals surface area contributed by atoms with Gasteiger partial charge in [-0.15, -0.1) is 0 Å². The number of carbonyl (C=O) groups excluding carboxylic acids is 3. The molecular formula is C16H42N8O4+2. The highest BCUT2D eigenvalue weighted by Crippen LogP contribution is 1.97. The van der Waals surface area contributed by atoms with Crippen LogP contribution < -0.4 is 44.3 Å². The summed E-state index contributed by atoms with van der Waals surface area (Å²) in [5.41, 5.74) is 15.3. The predicted molar refractivity (Wildman–Crippen MR) is 112 cm³/mol. The number of ketones is 2. The van der Waals surface area contributed by atoms with Crippen molar-refractivity contribution in [1.82, 2.24) is 22.1 Å². The molecule has 0 fully saturated rings. The van der Waals surface area contributed by atoms with Gasteiger partial charge < -0.3 is 33.3 Å². The van der Waals surface area contributed by atoms with E-state index in [4.69, 9.17) is 17.2 Å². The van der Waals surface area contributed by atoms with E-state index >= 15 is 0 Å². The Kier molecular flexibility index (Phi) is 25.0. The molecule has 12 heteroatoms. The number of Topliss-reactive ketones (excluding diaryl/α,β-unsaturated/α-hetero) is 2. The van der Waals surface area contributed by atoms with Crippen LogP contribution in [-0.2, 0) is 9.59 Å².